The fraction of sp³-hybridized carbons (Fsp3) is 0.889. The standard InChI is InChI=1S/C9H18F2N2O2/c1-8(2,3)15-7(14)13-5-4-9(10,11)6-12/h4-6,12H2,1-3H3,(H,13,14). The molecule has 1 amide bonds. The van der Waals surface area contributed by atoms with Crippen LogP contribution in [-0.2, 0) is 4.74 Å². The van der Waals surface area contributed by atoms with Crippen molar-refractivity contribution in [2.24, 2.45) is 5.73 Å². The van der Waals surface area contributed by atoms with E-state index in [1.807, 2.05) is 0 Å². The summed E-state index contributed by atoms with van der Waals surface area (Å²) in [5.74, 6) is -2.94. The number of halogens is 2. The number of carbonyl (C=O) groups excluding carboxylic acids is 1. The Kier molecular flexibility index (Phi) is 4.93. The van der Waals surface area contributed by atoms with E-state index in [1.165, 1.54) is 0 Å². The number of rotatable bonds is 4. The van der Waals surface area contributed by atoms with Crippen LogP contribution in [0.2, 0.25) is 0 Å². The summed E-state index contributed by atoms with van der Waals surface area (Å²) >= 11 is 0. The molecule has 90 valence electrons. The van der Waals surface area contributed by atoms with Gasteiger partial charge < -0.3 is 15.8 Å². The fourth-order valence-electron chi connectivity index (χ4n) is 0.764. The zero-order chi connectivity index (χ0) is 12.1. The minimum atomic E-state index is -2.94. The van der Waals surface area contributed by atoms with Crippen LogP contribution in [0.1, 0.15) is 27.2 Å². The highest BCUT2D eigenvalue weighted by molar-refractivity contribution is 5.67. The summed E-state index contributed by atoms with van der Waals surface area (Å²) in [6.45, 7) is 4.21. The number of alkyl carbamates (subject to hydrolysis) is 1. The predicted octanol–water partition coefficient (Wildman–Crippen LogP) is 1.50. The quantitative estimate of drug-likeness (QED) is 0.760. The van der Waals surface area contributed by atoms with Crippen molar-refractivity contribution in [3.05, 3.63) is 0 Å². The molecule has 0 aliphatic carbocycles. The highest BCUT2D eigenvalue weighted by atomic mass is 19.3. The van der Waals surface area contributed by atoms with Crippen LogP contribution in [0.25, 0.3) is 0 Å². The molecule has 6 heteroatoms. The average Bonchev–Trinajstić information content (AvgIpc) is 2.00. The number of nitrogens with two attached hydrogens (primary N) is 1. The average molecular weight is 224 g/mol. The van der Waals surface area contributed by atoms with Crippen molar-refractivity contribution in [1.29, 1.82) is 0 Å². The minimum absolute atomic E-state index is 0.154. The molecular weight excluding hydrogens is 206 g/mol. The number of alkyl halides is 2. The van der Waals surface area contributed by atoms with Gasteiger partial charge in [-0.2, -0.15) is 0 Å². The first kappa shape index (κ1) is 14.1. The van der Waals surface area contributed by atoms with Gasteiger partial charge in [-0.05, 0) is 20.8 Å². The van der Waals surface area contributed by atoms with E-state index >= 15 is 0 Å². The molecule has 4 nitrogen and oxygen atoms in total. The fourth-order valence-corrected chi connectivity index (χ4v) is 0.764. The summed E-state index contributed by atoms with van der Waals surface area (Å²) in [5.41, 5.74) is 4.21. The second kappa shape index (κ2) is 5.25. The van der Waals surface area contributed by atoms with Crippen LogP contribution in [-0.4, -0.2) is 30.7 Å². The first-order chi connectivity index (χ1) is 6.66. The van der Waals surface area contributed by atoms with Crippen molar-refractivity contribution in [3.63, 3.8) is 0 Å². The van der Waals surface area contributed by atoms with Crippen LogP contribution in [0.3, 0.4) is 0 Å². The number of hydrogen-bond donors (Lipinski definition) is 2. The van der Waals surface area contributed by atoms with E-state index in [2.05, 4.69) is 5.32 Å². The number of nitrogens with one attached hydrogen (secondary N) is 1. The molecule has 0 fully saturated rings. The molecule has 0 unspecified atom stereocenters. The van der Waals surface area contributed by atoms with Crippen molar-refractivity contribution in [2.45, 2.75) is 38.7 Å². The molecule has 0 radical (unpaired) electrons. The number of ether oxygens (including phenoxy) is 1. The first-order valence-electron chi connectivity index (χ1n) is 4.71. The molecule has 0 atom stereocenters. The molecule has 0 rings (SSSR count). The largest absolute Gasteiger partial charge is 0.444 e. The van der Waals surface area contributed by atoms with E-state index < -0.39 is 30.6 Å². The molecule has 0 saturated heterocycles. The van der Waals surface area contributed by atoms with E-state index in [4.69, 9.17) is 10.5 Å². The number of carbonyl (C=O) groups is 1. The number of hydrogen-bond acceptors (Lipinski definition) is 3. The smallest absolute Gasteiger partial charge is 0.407 e. The lowest BCUT2D eigenvalue weighted by Gasteiger charge is -2.20. The monoisotopic (exact) mass is 224 g/mol. The van der Waals surface area contributed by atoms with E-state index in [1.54, 1.807) is 20.8 Å². The third-order valence-electron chi connectivity index (χ3n) is 1.46. The summed E-state index contributed by atoms with van der Waals surface area (Å²) in [6, 6.07) is 0. The molecule has 0 aromatic heterocycles. The van der Waals surface area contributed by atoms with Crippen molar-refractivity contribution in [3.8, 4) is 0 Å². The lowest BCUT2D eigenvalue weighted by Crippen LogP contribution is -2.37. The lowest BCUT2D eigenvalue weighted by molar-refractivity contribution is 0.00132. The van der Waals surface area contributed by atoms with E-state index in [0.29, 0.717) is 0 Å². The van der Waals surface area contributed by atoms with Crippen LogP contribution >= 0.6 is 0 Å². The normalized spacial score (nSPS) is 12.4. The molecule has 3 N–H and O–H groups in total. The van der Waals surface area contributed by atoms with Gasteiger partial charge in [-0.25, -0.2) is 13.6 Å². The molecule has 0 saturated carbocycles. The molecule has 15 heavy (non-hydrogen) atoms. The van der Waals surface area contributed by atoms with E-state index in [0.717, 1.165) is 0 Å². The summed E-state index contributed by atoms with van der Waals surface area (Å²) < 4.78 is 30.1. The Morgan fingerprint density at radius 3 is 2.33 bits per heavy atom. The maximum atomic E-state index is 12.6. The van der Waals surface area contributed by atoms with Crippen molar-refractivity contribution in [2.75, 3.05) is 13.1 Å². The molecule has 0 aliphatic heterocycles. The SMILES string of the molecule is CC(C)(C)OC(=O)NCCC(F)(F)CN. The van der Waals surface area contributed by atoms with Gasteiger partial charge in [0.05, 0.1) is 6.54 Å². The Bertz CT molecular complexity index is 215. The van der Waals surface area contributed by atoms with Gasteiger partial charge in [0, 0.05) is 13.0 Å². The zero-order valence-corrected chi connectivity index (χ0v) is 9.27. The van der Waals surface area contributed by atoms with Gasteiger partial charge in [-0.3, -0.25) is 0 Å². The van der Waals surface area contributed by atoms with Crippen LogP contribution < -0.4 is 11.1 Å². The topological polar surface area (TPSA) is 64.3 Å². The Morgan fingerprint density at radius 2 is 1.93 bits per heavy atom. The molecule has 0 aromatic rings. The van der Waals surface area contributed by atoms with Crippen LogP contribution in [0.5, 0.6) is 0 Å². The van der Waals surface area contributed by atoms with Gasteiger partial charge in [0.2, 0.25) is 0 Å². The van der Waals surface area contributed by atoms with Crippen molar-refractivity contribution in [1.82, 2.24) is 5.32 Å². The van der Waals surface area contributed by atoms with Gasteiger partial charge in [0.15, 0.2) is 0 Å². The Morgan fingerprint density at radius 1 is 1.40 bits per heavy atom. The maximum absolute atomic E-state index is 12.6. The first-order valence-corrected chi connectivity index (χ1v) is 4.71. The lowest BCUT2D eigenvalue weighted by atomic mass is 10.2. The zero-order valence-electron chi connectivity index (χ0n) is 9.27. The Balaban J connectivity index is 3.74. The van der Waals surface area contributed by atoms with Crippen molar-refractivity contribution < 1.29 is 18.3 Å². The van der Waals surface area contributed by atoms with Crippen LogP contribution in [0, 0.1) is 0 Å². The van der Waals surface area contributed by atoms with Gasteiger partial charge in [-0.1, -0.05) is 0 Å². The molecule has 0 spiro atoms. The number of amides is 1. The summed E-state index contributed by atoms with van der Waals surface area (Å²) in [6.07, 6.45) is -1.18. The summed E-state index contributed by atoms with van der Waals surface area (Å²) in [4.78, 5) is 11.0. The van der Waals surface area contributed by atoms with Crippen LogP contribution in [0.15, 0.2) is 0 Å². The molecule has 0 heterocycles. The predicted molar refractivity (Wildman–Crippen MR) is 52.9 cm³/mol. The van der Waals surface area contributed by atoms with Crippen LogP contribution in [0.4, 0.5) is 13.6 Å². The third kappa shape index (κ3) is 8.11. The van der Waals surface area contributed by atoms with Gasteiger partial charge >= 0.3 is 6.09 Å². The van der Waals surface area contributed by atoms with Crippen molar-refractivity contribution >= 4 is 6.09 Å². The van der Waals surface area contributed by atoms with Gasteiger partial charge in [0.1, 0.15) is 5.60 Å². The highest BCUT2D eigenvalue weighted by Crippen LogP contribution is 2.15. The molecule has 0 bridgehead atoms. The second-order valence-electron chi connectivity index (χ2n) is 4.24. The maximum Gasteiger partial charge on any atom is 0.407 e. The minimum Gasteiger partial charge on any atom is -0.444 e. The molecular formula is C9H18F2N2O2. The molecule has 0 aliphatic rings. The highest BCUT2D eigenvalue weighted by Gasteiger charge is 2.26. The Hall–Kier alpha value is -0.910. The summed E-state index contributed by atoms with van der Waals surface area (Å²) in [7, 11) is 0. The van der Waals surface area contributed by atoms with E-state index in [9.17, 15) is 13.6 Å². The van der Waals surface area contributed by atoms with Gasteiger partial charge in [0.25, 0.3) is 5.92 Å². The Labute approximate surface area is 88.2 Å². The third-order valence-corrected chi connectivity index (χ3v) is 1.46. The van der Waals surface area contributed by atoms with E-state index in [-0.39, 0.29) is 6.54 Å². The van der Waals surface area contributed by atoms with Gasteiger partial charge in [-0.15, -0.1) is 0 Å². The molecule has 0 aromatic carbocycles. The summed E-state index contributed by atoms with van der Waals surface area (Å²) in [5, 5.41) is 2.23. The second-order valence-corrected chi connectivity index (χ2v) is 4.24.